The Morgan fingerprint density at radius 1 is 0.943 bits per heavy atom. The summed E-state index contributed by atoms with van der Waals surface area (Å²) in [6.07, 6.45) is 0.774. The largest absolute Gasteiger partial charge is 0.352 e. The summed E-state index contributed by atoms with van der Waals surface area (Å²) in [4.78, 5) is 29.8. The summed E-state index contributed by atoms with van der Waals surface area (Å²) in [5, 5.41) is 3.63. The van der Waals surface area contributed by atoms with E-state index < -0.39 is 6.04 Å². The highest BCUT2D eigenvalue weighted by Crippen LogP contribution is 2.22. The third-order valence-electron chi connectivity index (χ3n) is 5.55. The molecular weight excluding hydrogens is 476 g/mol. The summed E-state index contributed by atoms with van der Waals surface area (Å²) < 4.78 is 0. The number of aryl methyl sites for hydroxylation is 1. The van der Waals surface area contributed by atoms with E-state index in [2.05, 4.69) is 36.5 Å². The highest BCUT2D eigenvalue weighted by atomic mass is 35.5. The molecule has 1 atom stereocenters. The standard InChI is InChI=1S/C29H33ClN2O2S/c1-21(2)31-29(34)27(19-23-8-5-4-6-9-23)32(20-24-10-7-11-25(30)18-24)28(33)16-17-35-26-14-12-22(3)13-15-26/h4-15,18,21,27H,16-17,19-20H2,1-3H3,(H,31,34)/t27-/m0/s1. The Labute approximate surface area is 218 Å². The van der Waals surface area contributed by atoms with Crippen LogP contribution in [0, 0.1) is 6.92 Å². The van der Waals surface area contributed by atoms with Crippen LogP contribution in [0.2, 0.25) is 5.02 Å². The van der Waals surface area contributed by atoms with Gasteiger partial charge in [0, 0.05) is 41.1 Å². The number of benzene rings is 3. The van der Waals surface area contributed by atoms with E-state index in [1.54, 1.807) is 16.7 Å². The van der Waals surface area contributed by atoms with Gasteiger partial charge in [0.25, 0.3) is 0 Å². The highest BCUT2D eigenvalue weighted by Gasteiger charge is 2.30. The minimum Gasteiger partial charge on any atom is -0.352 e. The predicted molar refractivity (Wildman–Crippen MR) is 146 cm³/mol. The van der Waals surface area contributed by atoms with Crippen molar-refractivity contribution < 1.29 is 9.59 Å². The summed E-state index contributed by atoms with van der Waals surface area (Å²) in [7, 11) is 0. The number of nitrogens with one attached hydrogen (secondary N) is 1. The van der Waals surface area contributed by atoms with E-state index in [1.807, 2.05) is 68.4 Å². The Morgan fingerprint density at radius 3 is 2.29 bits per heavy atom. The van der Waals surface area contributed by atoms with Gasteiger partial charge in [0.15, 0.2) is 0 Å². The molecule has 0 spiro atoms. The number of hydrogen-bond donors (Lipinski definition) is 1. The van der Waals surface area contributed by atoms with Gasteiger partial charge >= 0.3 is 0 Å². The summed E-state index contributed by atoms with van der Waals surface area (Å²) in [6, 6.07) is 24.9. The van der Waals surface area contributed by atoms with Gasteiger partial charge in [-0.3, -0.25) is 9.59 Å². The van der Waals surface area contributed by atoms with Crippen LogP contribution in [0.4, 0.5) is 0 Å². The van der Waals surface area contributed by atoms with Gasteiger partial charge in [-0.15, -0.1) is 11.8 Å². The summed E-state index contributed by atoms with van der Waals surface area (Å²) in [5.74, 6) is 0.437. The van der Waals surface area contributed by atoms with Crippen molar-refractivity contribution in [3.63, 3.8) is 0 Å². The Kier molecular flexibility index (Phi) is 10.2. The van der Waals surface area contributed by atoms with Gasteiger partial charge in [0.05, 0.1) is 0 Å². The lowest BCUT2D eigenvalue weighted by atomic mass is 10.0. The molecule has 2 amide bonds. The molecule has 3 aromatic carbocycles. The number of rotatable bonds is 11. The van der Waals surface area contributed by atoms with Crippen LogP contribution in [0.3, 0.4) is 0 Å². The number of halogens is 1. The smallest absolute Gasteiger partial charge is 0.243 e. The van der Waals surface area contributed by atoms with E-state index in [-0.39, 0.29) is 17.9 Å². The maximum atomic E-state index is 13.6. The lowest BCUT2D eigenvalue weighted by molar-refractivity contribution is -0.141. The van der Waals surface area contributed by atoms with Crippen molar-refractivity contribution in [3.8, 4) is 0 Å². The van der Waals surface area contributed by atoms with Crippen molar-refractivity contribution >= 4 is 35.2 Å². The van der Waals surface area contributed by atoms with Crippen LogP contribution in [-0.2, 0) is 22.6 Å². The monoisotopic (exact) mass is 508 g/mol. The van der Waals surface area contributed by atoms with Crippen molar-refractivity contribution in [1.29, 1.82) is 0 Å². The quantitative estimate of drug-likeness (QED) is 0.309. The fourth-order valence-corrected chi connectivity index (χ4v) is 4.85. The molecule has 0 aliphatic rings. The van der Waals surface area contributed by atoms with E-state index in [9.17, 15) is 9.59 Å². The normalized spacial score (nSPS) is 11.8. The third kappa shape index (κ3) is 8.75. The molecule has 3 rings (SSSR count). The maximum absolute atomic E-state index is 13.6. The van der Waals surface area contributed by atoms with Crippen LogP contribution < -0.4 is 5.32 Å². The van der Waals surface area contributed by atoms with Crippen molar-refractivity contribution in [2.24, 2.45) is 0 Å². The average molecular weight is 509 g/mol. The predicted octanol–water partition coefficient (Wildman–Crippen LogP) is 6.30. The van der Waals surface area contributed by atoms with E-state index in [1.165, 1.54) is 5.56 Å². The topological polar surface area (TPSA) is 49.4 Å². The molecule has 0 fully saturated rings. The minimum atomic E-state index is -0.629. The molecule has 35 heavy (non-hydrogen) atoms. The van der Waals surface area contributed by atoms with Crippen LogP contribution in [-0.4, -0.2) is 34.6 Å². The first kappa shape index (κ1) is 26.8. The molecule has 0 aromatic heterocycles. The second-order valence-corrected chi connectivity index (χ2v) is 10.5. The van der Waals surface area contributed by atoms with Gasteiger partial charge in [0.1, 0.15) is 6.04 Å². The number of thioether (sulfide) groups is 1. The first-order valence-electron chi connectivity index (χ1n) is 11.9. The van der Waals surface area contributed by atoms with Gasteiger partial charge in [-0.25, -0.2) is 0 Å². The summed E-state index contributed by atoms with van der Waals surface area (Å²) in [6.45, 7) is 6.23. The fourth-order valence-electron chi connectivity index (χ4n) is 3.80. The van der Waals surface area contributed by atoms with E-state index in [0.717, 1.165) is 16.0 Å². The second-order valence-electron chi connectivity index (χ2n) is 8.93. The van der Waals surface area contributed by atoms with Gasteiger partial charge in [-0.1, -0.05) is 71.8 Å². The first-order chi connectivity index (χ1) is 16.8. The van der Waals surface area contributed by atoms with Crippen molar-refractivity contribution in [1.82, 2.24) is 10.2 Å². The molecule has 0 unspecified atom stereocenters. The Morgan fingerprint density at radius 2 is 1.63 bits per heavy atom. The zero-order valence-corrected chi connectivity index (χ0v) is 22.1. The van der Waals surface area contributed by atoms with Crippen LogP contribution in [0.15, 0.2) is 83.8 Å². The molecule has 0 saturated carbocycles. The molecule has 184 valence electrons. The number of amides is 2. The number of carbonyl (C=O) groups is 2. The fraction of sp³-hybridized carbons (Fsp3) is 0.310. The van der Waals surface area contributed by atoms with Gasteiger partial charge in [-0.2, -0.15) is 0 Å². The van der Waals surface area contributed by atoms with Crippen molar-refractivity contribution in [3.05, 3.63) is 101 Å². The average Bonchev–Trinajstić information content (AvgIpc) is 2.82. The van der Waals surface area contributed by atoms with E-state index in [0.29, 0.717) is 30.2 Å². The molecule has 0 aliphatic carbocycles. The van der Waals surface area contributed by atoms with Crippen LogP contribution in [0.5, 0.6) is 0 Å². The first-order valence-corrected chi connectivity index (χ1v) is 13.3. The molecule has 0 aliphatic heterocycles. The van der Waals surface area contributed by atoms with Gasteiger partial charge < -0.3 is 10.2 Å². The molecule has 6 heteroatoms. The molecular formula is C29H33ClN2O2S. The summed E-state index contributed by atoms with van der Waals surface area (Å²) >= 11 is 7.87. The van der Waals surface area contributed by atoms with E-state index in [4.69, 9.17) is 11.6 Å². The van der Waals surface area contributed by atoms with Gasteiger partial charge in [-0.05, 0) is 56.2 Å². The molecule has 0 heterocycles. The maximum Gasteiger partial charge on any atom is 0.243 e. The minimum absolute atomic E-state index is 0.0269. The van der Waals surface area contributed by atoms with E-state index >= 15 is 0 Å². The second kappa shape index (κ2) is 13.4. The zero-order valence-electron chi connectivity index (χ0n) is 20.5. The summed E-state index contributed by atoms with van der Waals surface area (Å²) in [5.41, 5.74) is 3.11. The van der Waals surface area contributed by atoms with Crippen LogP contribution >= 0.6 is 23.4 Å². The SMILES string of the molecule is Cc1ccc(SCCC(=O)N(Cc2cccc(Cl)c2)[C@@H](Cc2ccccc2)C(=O)NC(C)C)cc1. The Hall–Kier alpha value is -2.76. The van der Waals surface area contributed by atoms with Gasteiger partial charge in [0.2, 0.25) is 11.8 Å². The molecule has 1 N–H and O–H groups in total. The lowest BCUT2D eigenvalue weighted by Crippen LogP contribution is -2.51. The lowest BCUT2D eigenvalue weighted by Gasteiger charge is -2.32. The Bertz CT molecular complexity index is 1100. The molecule has 4 nitrogen and oxygen atoms in total. The van der Waals surface area contributed by atoms with Crippen LogP contribution in [0.1, 0.15) is 37.0 Å². The Balaban J connectivity index is 1.84. The van der Waals surface area contributed by atoms with Crippen LogP contribution in [0.25, 0.3) is 0 Å². The number of carbonyl (C=O) groups excluding carboxylic acids is 2. The van der Waals surface area contributed by atoms with Crippen molar-refractivity contribution in [2.75, 3.05) is 5.75 Å². The van der Waals surface area contributed by atoms with Crippen molar-refractivity contribution in [2.45, 2.75) is 57.1 Å². The molecule has 0 radical (unpaired) electrons. The molecule has 0 bridgehead atoms. The molecule has 3 aromatic rings. The highest BCUT2D eigenvalue weighted by molar-refractivity contribution is 7.99. The molecule has 0 saturated heterocycles. The number of hydrogen-bond acceptors (Lipinski definition) is 3. The number of nitrogens with zero attached hydrogens (tertiary/aromatic N) is 1. The zero-order chi connectivity index (χ0) is 25.2. The third-order valence-corrected chi connectivity index (χ3v) is 6.80.